The van der Waals surface area contributed by atoms with E-state index in [1.807, 2.05) is 0 Å². The molecule has 0 saturated carbocycles. The van der Waals surface area contributed by atoms with Gasteiger partial charge in [0.25, 0.3) is 0 Å². The number of halogens is 6. The van der Waals surface area contributed by atoms with Crippen LogP contribution in [0.3, 0.4) is 0 Å². The van der Waals surface area contributed by atoms with Gasteiger partial charge in [-0.2, -0.15) is 0 Å². The second kappa shape index (κ2) is 3.23. The van der Waals surface area contributed by atoms with Crippen molar-refractivity contribution in [3.05, 3.63) is 28.7 Å². The summed E-state index contributed by atoms with van der Waals surface area (Å²) in [5.41, 5.74) is 0. The zero-order valence-corrected chi connectivity index (χ0v) is 13.9. The minimum absolute atomic E-state index is 0.352. The van der Waals surface area contributed by atoms with Gasteiger partial charge < -0.3 is 0 Å². The van der Waals surface area contributed by atoms with Crippen molar-refractivity contribution in [2.45, 2.75) is 0 Å². The molecule has 0 aliphatic carbocycles. The van der Waals surface area contributed by atoms with Crippen LogP contribution in [0.4, 0.5) is 0 Å². The van der Waals surface area contributed by atoms with Crippen molar-refractivity contribution >= 4 is 73.9 Å². The van der Waals surface area contributed by atoms with E-state index in [0.29, 0.717) is 7.98 Å². The zero-order valence-electron chi connectivity index (χ0n) is 6.02. The Morgan fingerprint density at radius 3 is 1.69 bits per heavy atom. The summed E-state index contributed by atoms with van der Waals surface area (Å²) in [4.78, 5) is 0. The van der Waals surface area contributed by atoms with Crippen LogP contribution in [0.15, 0.2) is 28.7 Å². The summed E-state index contributed by atoms with van der Waals surface area (Å²) in [6, 6.07) is 6.82. The number of hydrogen-bond donors (Lipinski definition) is 0. The Labute approximate surface area is 101 Å². The Morgan fingerprint density at radius 2 is 1.38 bits per heavy atom. The van der Waals surface area contributed by atoms with Gasteiger partial charge in [-0.3, -0.25) is 0 Å². The summed E-state index contributed by atoms with van der Waals surface area (Å²) in [5.74, 6) is 0. The molecule has 0 heterocycles. The van der Waals surface area contributed by atoms with Crippen LogP contribution >= 0.6 is 60.1 Å². The first-order valence-electron chi connectivity index (χ1n) is 3.09. The molecule has 0 spiro atoms. The van der Waals surface area contributed by atoms with Gasteiger partial charge in [0.05, 0.1) is 0 Å². The third-order valence-electron chi connectivity index (χ3n) is 1.31. The average molecular weight is 455 g/mol. The van der Waals surface area contributed by atoms with Gasteiger partial charge in [0.15, 0.2) is 0 Å². The van der Waals surface area contributed by atoms with Crippen LogP contribution in [0.2, 0.25) is 0 Å². The first-order chi connectivity index (χ1) is 5.50. The molecule has 0 bridgehead atoms. The molecule has 0 aliphatic rings. The molecule has 1 aromatic rings. The summed E-state index contributed by atoms with van der Waals surface area (Å²) >= 11 is 3.23. The molecule has 0 unspecified atom stereocenters. The molecular weight excluding hydrogens is 451 g/mol. The molecule has 0 atom stereocenters. The van der Waals surface area contributed by atoms with Crippen LogP contribution in [0.5, 0.6) is 0 Å². The predicted molar refractivity (Wildman–Crippen MR) is 68.8 cm³/mol. The van der Waals surface area contributed by atoms with E-state index < -0.39 is 10.3 Å². The van der Waals surface area contributed by atoms with Crippen molar-refractivity contribution in [2.24, 2.45) is 0 Å². The van der Waals surface area contributed by atoms with Crippen LogP contribution in [0, 0.1) is 0 Å². The monoisotopic (exact) mass is 451 g/mol. The molecule has 13 heavy (non-hydrogen) atoms. The Morgan fingerprint density at radius 1 is 0.923 bits per heavy atom. The van der Waals surface area contributed by atoms with Crippen molar-refractivity contribution in [2.75, 3.05) is 0 Å². The van der Waals surface area contributed by atoms with E-state index in [1.165, 1.54) is 0 Å². The van der Waals surface area contributed by atoms with Crippen molar-refractivity contribution in [1.82, 2.24) is 0 Å². The SMILES string of the molecule is [Cl][Sb-]([Cl])([Cl])([Cl])([Cl])[c]1ccccc1Br. The Bertz CT molecular complexity index is 342. The van der Waals surface area contributed by atoms with E-state index in [-0.39, 0.29) is 0 Å². The fourth-order valence-electron chi connectivity index (χ4n) is 0.794. The second-order valence-corrected chi connectivity index (χ2v) is 50.8. The van der Waals surface area contributed by atoms with E-state index >= 15 is 0 Å². The molecule has 0 nitrogen and oxygen atoms in total. The van der Waals surface area contributed by atoms with Crippen molar-refractivity contribution in [3.63, 3.8) is 0 Å². The summed E-state index contributed by atoms with van der Waals surface area (Å²) in [6.45, 7) is 0. The van der Waals surface area contributed by atoms with Crippen LogP contribution in [0.1, 0.15) is 0 Å². The van der Waals surface area contributed by atoms with E-state index in [0.717, 1.165) is 0 Å². The van der Waals surface area contributed by atoms with Gasteiger partial charge in [-0.05, 0) is 0 Å². The summed E-state index contributed by atoms with van der Waals surface area (Å²) < 4.78 is 0.957. The maximum atomic E-state index is 5.90. The molecule has 0 radical (unpaired) electrons. The minimum atomic E-state index is -5.58. The summed E-state index contributed by atoms with van der Waals surface area (Å²) in [6.07, 6.45) is 0. The van der Waals surface area contributed by atoms with Crippen LogP contribution in [-0.4, -0.2) is 10.3 Å². The van der Waals surface area contributed by atoms with Crippen LogP contribution < -0.4 is 3.51 Å². The van der Waals surface area contributed by atoms with E-state index in [1.54, 1.807) is 24.3 Å². The molecule has 76 valence electrons. The molecule has 1 rings (SSSR count). The Hall–Kier alpha value is 1.97. The molecule has 7 heteroatoms. The topological polar surface area (TPSA) is 0 Å². The zero-order chi connectivity index (χ0) is 10.4. The van der Waals surface area contributed by atoms with Gasteiger partial charge in [-0.1, -0.05) is 0 Å². The van der Waals surface area contributed by atoms with Gasteiger partial charge in [0, 0.05) is 0 Å². The number of benzene rings is 1. The molecule has 0 aromatic heterocycles. The first-order valence-corrected chi connectivity index (χ1v) is 21.3. The van der Waals surface area contributed by atoms with Gasteiger partial charge >= 0.3 is 103 Å². The third-order valence-corrected chi connectivity index (χ3v) is 12.7. The predicted octanol–water partition coefficient (Wildman–Crippen LogP) is 4.69. The maximum absolute atomic E-state index is 5.90. The van der Waals surface area contributed by atoms with Crippen molar-refractivity contribution < 1.29 is 0 Å². The Balaban J connectivity index is 3.50. The summed E-state index contributed by atoms with van der Waals surface area (Å²) in [7, 11) is 23.9. The van der Waals surface area contributed by atoms with Gasteiger partial charge in [0.1, 0.15) is 0 Å². The van der Waals surface area contributed by atoms with Gasteiger partial charge in [-0.15, -0.1) is 0 Å². The Kier molecular flexibility index (Phi) is 3.24. The van der Waals surface area contributed by atoms with E-state index in [9.17, 15) is 0 Å². The molecular formula is C6H4BrCl5Sb-. The molecule has 0 saturated heterocycles. The quantitative estimate of drug-likeness (QED) is 0.540. The van der Waals surface area contributed by atoms with Crippen molar-refractivity contribution in [1.29, 1.82) is 0 Å². The standard InChI is InChI=1S/C6H4Br.5ClH.Sb/c7-6-4-2-1-3-5-6;;;;;;/h1-4H;5*1H;/q;;;;;;+4/p-5. The summed E-state index contributed by atoms with van der Waals surface area (Å²) in [5, 5.41) is 0. The van der Waals surface area contributed by atoms with E-state index in [2.05, 4.69) is 15.9 Å². The molecule has 0 fully saturated rings. The fraction of sp³-hybridized carbons (Fsp3) is 0. The van der Waals surface area contributed by atoms with Gasteiger partial charge in [0.2, 0.25) is 0 Å². The van der Waals surface area contributed by atoms with Crippen LogP contribution in [0.25, 0.3) is 0 Å². The normalized spacial score (nSPS) is 17.7. The van der Waals surface area contributed by atoms with E-state index in [4.69, 9.17) is 44.1 Å². The first kappa shape index (κ1) is 13.0. The molecule has 1 aromatic carbocycles. The van der Waals surface area contributed by atoms with Crippen molar-refractivity contribution in [3.8, 4) is 0 Å². The fourth-order valence-corrected chi connectivity index (χ4v) is 14.8. The average Bonchev–Trinajstić information content (AvgIpc) is 1.82. The third kappa shape index (κ3) is 3.79. The number of rotatable bonds is 1. The van der Waals surface area contributed by atoms with Crippen LogP contribution in [-0.2, 0) is 0 Å². The van der Waals surface area contributed by atoms with Gasteiger partial charge in [-0.25, -0.2) is 0 Å². The molecule has 0 N–H and O–H groups in total. The number of hydrogen-bond acceptors (Lipinski definition) is 0. The molecule has 0 amide bonds. The molecule has 0 aliphatic heterocycles. The second-order valence-electron chi connectivity index (χ2n) is 2.51.